The Balaban J connectivity index is 1.69. The van der Waals surface area contributed by atoms with Crippen molar-refractivity contribution in [1.29, 1.82) is 0 Å². The van der Waals surface area contributed by atoms with E-state index in [0.717, 1.165) is 34.4 Å². The van der Waals surface area contributed by atoms with Gasteiger partial charge in [0.1, 0.15) is 11.5 Å². The summed E-state index contributed by atoms with van der Waals surface area (Å²) < 4.78 is 15.7. The number of rotatable bonds is 7. The summed E-state index contributed by atoms with van der Waals surface area (Å²) in [4.78, 5) is 37.8. The van der Waals surface area contributed by atoms with Gasteiger partial charge in [0.15, 0.2) is 0 Å². The first-order valence-electron chi connectivity index (χ1n) is 9.10. The molecule has 1 atom stereocenters. The van der Waals surface area contributed by atoms with Gasteiger partial charge < -0.3 is 13.9 Å². The fraction of sp³-hybridized carbons (Fsp3) is 0.286. The molecule has 29 heavy (non-hydrogen) atoms. The molecule has 0 spiro atoms. The van der Waals surface area contributed by atoms with Crippen LogP contribution in [-0.4, -0.2) is 35.2 Å². The van der Waals surface area contributed by atoms with E-state index in [4.69, 9.17) is 9.15 Å². The van der Waals surface area contributed by atoms with E-state index >= 15 is 0 Å². The number of nitrogens with zero attached hydrogens (tertiary/aromatic N) is 1. The van der Waals surface area contributed by atoms with Crippen LogP contribution >= 0.6 is 11.8 Å². The van der Waals surface area contributed by atoms with Gasteiger partial charge in [0.2, 0.25) is 5.76 Å². The Hall–Kier alpha value is -3.00. The van der Waals surface area contributed by atoms with Crippen molar-refractivity contribution in [1.82, 2.24) is 4.90 Å². The van der Waals surface area contributed by atoms with E-state index in [0.29, 0.717) is 10.7 Å². The lowest BCUT2D eigenvalue weighted by molar-refractivity contribution is -0.123. The molecule has 1 aliphatic rings. The van der Waals surface area contributed by atoms with Crippen molar-refractivity contribution in [2.45, 2.75) is 32.9 Å². The number of imide groups is 1. The highest BCUT2D eigenvalue weighted by atomic mass is 32.2. The molecule has 2 aromatic rings. The van der Waals surface area contributed by atoms with Crippen LogP contribution < -0.4 is 4.74 Å². The minimum atomic E-state index is -0.619. The van der Waals surface area contributed by atoms with Gasteiger partial charge in [-0.2, -0.15) is 0 Å². The fourth-order valence-electron chi connectivity index (χ4n) is 2.57. The predicted octanol–water partition coefficient (Wildman–Crippen LogP) is 4.48. The van der Waals surface area contributed by atoms with Crippen LogP contribution in [0.25, 0.3) is 6.08 Å². The molecule has 1 fully saturated rings. The van der Waals surface area contributed by atoms with E-state index in [1.807, 2.05) is 38.1 Å². The zero-order chi connectivity index (χ0) is 21.0. The highest BCUT2D eigenvalue weighted by Crippen LogP contribution is 2.33. The number of esters is 1. The molecule has 0 saturated carbocycles. The van der Waals surface area contributed by atoms with Gasteiger partial charge in [0.25, 0.3) is 11.1 Å². The first-order valence-corrected chi connectivity index (χ1v) is 9.92. The third-order valence-corrected chi connectivity index (χ3v) is 5.23. The van der Waals surface area contributed by atoms with E-state index in [1.54, 1.807) is 6.08 Å². The summed E-state index contributed by atoms with van der Waals surface area (Å²) in [6.45, 7) is 3.99. The zero-order valence-electron chi connectivity index (χ0n) is 16.3. The third-order valence-electron chi connectivity index (χ3n) is 4.33. The molecule has 1 unspecified atom stereocenters. The minimum Gasteiger partial charge on any atom is -0.491 e. The summed E-state index contributed by atoms with van der Waals surface area (Å²) in [5, 5.41) is -0.394. The van der Waals surface area contributed by atoms with Crippen molar-refractivity contribution >= 4 is 35.0 Å². The second-order valence-corrected chi connectivity index (χ2v) is 7.42. The normalized spacial score (nSPS) is 16.4. The van der Waals surface area contributed by atoms with Crippen LogP contribution in [-0.2, 0) is 16.1 Å². The summed E-state index contributed by atoms with van der Waals surface area (Å²) in [5.74, 6) is 0.0658. The highest BCUT2D eigenvalue weighted by Gasteiger charge is 2.35. The Morgan fingerprint density at radius 1 is 1.21 bits per heavy atom. The minimum absolute atomic E-state index is 0.0183. The van der Waals surface area contributed by atoms with Gasteiger partial charge in [-0.15, -0.1) is 0 Å². The van der Waals surface area contributed by atoms with Gasteiger partial charge >= 0.3 is 5.97 Å². The largest absolute Gasteiger partial charge is 0.491 e. The van der Waals surface area contributed by atoms with Crippen molar-refractivity contribution in [3.63, 3.8) is 0 Å². The lowest BCUT2D eigenvalue weighted by atomic mass is 10.2. The van der Waals surface area contributed by atoms with Gasteiger partial charge in [-0.3, -0.25) is 14.5 Å². The Kier molecular flexibility index (Phi) is 6.43. The van der Waals surface area contributed by atoms with Crippen LogP contribution in [0.3, 0.4) is 0 Å². The van der Waals surface area contributed by atoms with E-state index < -0.39 is 17.1 Å². The summed E-state index contributed by atoms with van der Waals surface area (Å²) in [6, 6.07) is 10.3. The molecule has 8 heteroatoms. The molecule has 2 amide bonds. The number of benzene rings is 1. The van der Waals surface area contributed by atoms with Crippen LogP contribution in [0.15, 0.2) is 45.7 Å². The summed E-state index contributed by atoms with van der Waals surface area (Å²) >= 11 is 0.866. The average Bonchev–Trinajstić information content (AvgIpc) is 3.29. The molecule has 1 saturated heterocycles. The van der Waals surface area contributed by atoms with Gasteiger partial charge in [0, 0.05) is 0 Å². The number of hydrogen-bond donors (Lipinski definition) is 0. The maximum absolute atomic E-state index is 12.6. The number of carbonyl (C=O) groups is 3. The van der Waals surface area contributed by atoms with Gasteiger partial charge in [0.05, 0.1) is 24.7 Å². The van der Waals surface area contributed by atoms with E-state index in [9.17, 15) is 14.4 Å². The Bertz CT molecular complexity index is 946. The molecular formula is C21H21NO6S. The Morgan fingerprint density at radius 2 is 1.93 bits per heavy atom. The number of carbonyl (C=O) groups excluding carboxylic acids is 3. The Morgan fingerprint density at radius 3 is 2.59 bits per heavy atom. The van der Waals surface area contributed by atoms with E-state index in [1.165, 1.54) is 19.2 Å². The molecule has 1 aromatic carbocycles. The molecular weight excluding hydrogens is 394 g/mol. The summed E-state index contributed by atoms with van der Waals surface area (Å²) in [6.07, 6.45) is 2.70. The molecule has 0 bridgehead atoms. The second kappa shape index (κ2) is 9.00. The molecule has 1 aromatic heterocycles. The number of furan rings is 1. The van der Waals surface area contributed by atoms with Crippen molar-refractivity contribution in [3.8, 4) is 5.75 Å². The maximum atomic E-state index is 12.6. The molecule has 0 N–H and O–H groups in total. The first-order chi connectivity index (χ1) is 13.9. The molecule has 3 rings (SSSR count). The number of amides is 2. The topological polar surface area (TPSA) is 86.1 Å². The van der Waals surface area contributed by atoms with Crippen molar-refractivity contribution < 1.29 is 28.3 Å². The zero-order valence-corrected chi connectivity index (χ0v) is 17.2. The van der Waals surface area contributed by atoms with Crippen molar-refractivity contribution in [2.24, 2.45) is 0 Å². The van der Waals surface area contributed by atoms with Crippen molar-refractivity contribution in [2.75, 3.05) is 7.11 Å². The fourth-order valence-corrected chi connectivity index (χ4v) is 3.41. The summed E-state index contributed by atoms with van der Waals surface area (Å²) in [7, 11) is 1.24. The van der Waals surface area contributed by atoms with Crippen LogP contribution in [0.5, 0.6) is 5.75 Å². The lowest BCUT2D eigenvalue weighted by Gasteiger charge is -2.12. The molecule has 7 nitrogen and oxygen atoms in total. The van der Waals surface area contributed by atoms with E-state index in [-0.39, 0.29) is 18.4 Å². The highest BCUT2D eigenvalue weighted by molar-refractivity contribution is 8.18. The number of methoxy groups -OCH3 is 1. The van der Waals surface area contributed by atoms with Crippen molar-refractivity contribution in [3.05, 3.63) is 58.4 Å². The quantitative estimate of drug-likeness (QED) is 0.487. The molecule has 2 heterocycles. The first kappa shape index (κ1) is 20.7. The van der Waals surface area contributed by atoms with E-state index in [2.05, 4.69) is 4.74 Å². The van der Waals surface area contributed by atoms with Crippen LogP contribution in [0, 0.1) is 0 Å². The monoisotopic (exact) mass is 415 g/mol. The molecule has 0 radical (unpaired) electrons. The van der Waals surface area contributed by atoms with Gasteiger partial charge in [-0.1, -0.05) is 19.1 Å². The average molecular weight is 415 g/mol. The Labute approximate surface area is 172 Å². The molecule has 0 aliphatic carbocycles. The summed E-state index contributed by atoms with van der Waals surface area (Å²) in [5.41, 5.74) is 0.790. The third kappa shape index (κ3) is 4.89. The molecule has 152 valence electrons. The lowest BCUT2D eigenvalue weighted by Crippen LogP contribution is -2.27. The predicted molar refractivity (Wildman–Crippen MR) is 108 cm³/mol. The smallest absolute Gasteiger partial charge is 0.373 e. The SMILES string of the molecule is CCC(C)Oc1ccc(C=C2SC(=O)N(Cc3ccc(C(=O)OC)o3)C2=O)cc1. The number of ether oxygens (including phenoxy) is 2. The van der Waals surface area contributed by atoms with Crippen LogP contribution in [0.1, 0.15) is 42.1 Å². The standard InChI is InChI=1S/C21H21NO6S/c1-4-13(2)27-15-7-5-14(6-8-15)11-18-19(23)22(21(25)29-18)12-16-9-10-17(28-16)20(24)26-3/h5-11,13H,4,12H2,1-3H3. The van der Waals surface area contributed by atoms with Gasteiger partial charge in [-0.25, -0.2) is 4.79 Å². The van der Waals surface area contributed by atoms with Gasteiger partial charge in [-0.05, 0) is 61.0 Å². The number of hydrogen-bond acceptors (Lipinski definition) is 7. The maximum Gasteiger partial charge on any atom is 0.373 e. The van der Waals surface area contributed by atoms with Crippen LogP contribution in [0.2, 0.25) is 0 Å². The second-order valence-electron chi connectivity index (χ2n) is 6.43. The molecule has 1 aliphatic heterocycles. The number of thioether (sulfide) groups is 1. The van der Waals surface area contributed by atoms with Crippen LogP contribution in [0.4, 0.5) is 4.79 Å².